The Balaban J connectivity index is 2.56. The molecule has 0 aliphatic rings. The fraction of sp³-hybridized carbons (Fsp3) is 0.400. The number of hydrogen-bond donors (Lipinski definition) is 1. The van der Waals surface area contributed by atoms with Crippen molar-refractivity contribution in [3.8, 4) is 0 Å². The molecule has 1 heterocycles. The first kappa shape index (κ1) is 11.9. The van der Waals surface area contributed by atoms with E-state index in [1.54, 1.807) is 0 Å². The third-order valence-electron chi connectivity index (χ3n) is 3.58. The number of benzene rings is 1. The maximum Gasteiger partial charge on any atom is 0.170 e. The standard InChI is InChI=1S/C15H19NO/c1-5-15(3,4)14(17)12-9-16-13-7-6-10(2)8-11(12)13/h6-9,16H,5H2,1-4H3. The molecule has 90 valence electrons. The molecule has 0 atom stereocenters. The van der Waals surface area contributed by atoms with Crippen LogP contribution < -0.4 is 0 Å². The second-order valence-electron chi connectivity index (χ2n) is 5.32. The molecule has 2 nitrogen and oxygen atoms in total. The minimum Gasteiger partial charge on any atom is -0.360 e. The molecule has 0 aliphatic carbocycles. The normalized spacial score (nSPS) is 12.0. The first-order valence-electron chi connectivity index (χ1n) is 6.08. The zero-order valence-electron chi connectivity index (χ0n) is 10.9. The summed E-state index contributed by atoms with van der Waals surface area (Å²) in [7, 11) is 0. The zero-order chi connectivity index (χ0) is 12.6. The lowest BCUT2D eigenvalue weighted by molar-refractivity contribution is 0.0835. The molecular formula is C15H19NO. The maximum atomic E-state index is 12.5. The van der Waals surface area contributed by atoms with Crippen molar-refractivity contribution in [2.24, 2.45) is 5.41 Å². The van der Waals surface area contributed by atoms with Crippen LogP contribution in [0, 0.1) is 12.3 Å². The van der Waals surface area contributed by atoms with Gasteiger partial charge in [-0.1, -0.05) is 32.4 Å². The van der Waals surface area contributed by atoms with E-state index in [4.69, 9.17) is 0 Å². The van der Waals surface area contributed by atoms with Gasteiger partial charge in [0.2, 0.25) is 0 Å². The van der Waals surface area contributed by atoms with Gasteiger partial charge >= 0.3 is 0 Å². The van der Waals surface area contributed by atoms with Crippen molar-refractivity contribution in [1.82, 2.24) is 4.98 Å². The summed E-state index contributed by atoms with van der Waals surface area (Å²) >= 11 is 0. The molecule has 0 fully saturated rings. The number of hydrogen-bond acceptors (Lipinski definition) is 1. The number of fused-ring (bicyclic) bond motifs is 1. The van der Waals surface area contributed by atoms with Crippen LogP contribution in [0.25, 0.3) is 10.9 Å². The van der Waals surface area contributed by atoms with Gasteiger partial charge in [-0.05, 0) is 25.5 Å². The number of aromatic amines is 1. The van der Waals surface area contributed by atoms with Gasteiger partial charge in [0.25, 0.3) is 0 Å². The summed E-state index contributed by atoms with van der Waals surface area (Å²) in [5, 5.41) is 1.04. The highest BCUT2D eigenvalue weighted by Gasteiger charge is 2.28. The van der Waals surface area contributed by atoms with E-state index in [0.29, 0.717) is 0 Å². The van der Waals surface area contributed by atoms with Crippen molar-refractivity contribution in [1.29, 1.82) is 0 Å². The molecule has 0 unspecified atom stereocenters. The SMILES string of the molecule is CCC(C)(C)C(=O)c1c[nH]c2ccc(C)cc12. The van der Waals surface area contributed by atoms with Crippen LogP contribution in [0.4, 0.5) is 0 Å². The van der Waals surface area contributed by atoms with Gasteiger partial charge in [0, 0.05) is 28.1 Å². The number of nitrogens with one attached hydrogen (secondary N) is 1. The summed E-state index contributed by atoms with van der Waals surface area (Å²) in [6, 6.07) is 6.16. The first-order chi connectivity index (χ1) is 7.95. The molecule has 0 radical (unpaired) electrons. The summed E-state index contributed by atoms with van der Waals surface area (Å²) in [4.78, 5) is 15.6. The van der Waals surface area contributed by atoms with E-state index in [2.05, 4.69) is 24.0 Å². The van der Waals surface area contributed by atoms with E-state index < -0.39 is 0 Å². The Labute approximate surface area is 102 Å². The number of carbonyl (C=O) groups is 1. The molecule has 2 aromatic rings. The fourth-order valence-corrected chi connectivity index (χ4v) is 1.95. The molecule has 1 N–H and O–H groups in total. The fourth-order valence-electron chi connectivity index (χ4n) is 1.95. The molecule has 0 saturated heterocycles. The van der Waals surface area contributed by atoms with Gasteiger partial charge in [0.1, 0.15) is 0 Å². The lowest BCUT2D eigenvalue weighted by Crippen LogP contribution is -2.23. The van der Waals surface area contributed by atoms with Crippen LogP contribution in [-0.4, -0.2) is 10.8 Å². The van der Waals surface area contributed by atoms with Crippen molar-refractivity contribution in [3.05, 3.63) is 35.5 Å². The van der Waals surface area contributed by atoms with E-state index >= 15 is 0 Å². The van der Waals surface area contributed by atoms with Crippen LogP contribution in [0.5, 0.6) is 0 Å². The smallest absolute Gasteiger partial charge is 0.170 e. The van der Waals surface area contributed by atoms with Gasteiger partial charge in [-0.15, -0.1) is 0 Å². The summed E-state index contributed by atoms with van der Waals surface area (Å²) in [5.41, 5.74) is 2.74. The number of rotatable bonds is 3. The Morgan fingerprint density at radius 2 is 2.06 bits per heavy atom. The topological polar surface area (TPSA) is 32.9 Å². The monoisotopic (exact) mass is 229 g/mol. The second-order valence-corrected chi connectivity index (χ2v) is 5.32. The predicted octanol–water partition coefficient (Wildman–Crippen LogP) is 4.10. The molecule has 0 saturated carbocycles. The van der Waals surface area contributed by atoms with Crippen LogP contribution in [0.2, 0.25) is 0 Å². The number of H-pyrrole nitrogens is 1. The highest BCUT2D eigenvalue weighted by Crippen LogP contribution is 2.29. The molecule has 1 aromatic heterocycles. The summed E-state index contributed by atoms with van der Waals surface area (Å²) in [6.07, 6.45) is 2.69. The quantitative estimate of drug-likeness (QED) is 0.790. The van der Waals surface area contributed by atoms with Gasteiger partial charge in [-0.25, -0.2) is 0 Å². The van der Waals surface area contributed by atoms with Crippen molar-refractivity contribution in [3.63, 3.8) is 0 Å². The number of aromatic nitrogens is 1. The predicted molar refractivity (Wildman–Crippen MR) is 71.4 cm³/mol. The van der Waals surface area contributed by atoms with Crippen LogP contribution in [0.1, 0.15) is 43.1 Å². The third kappa shape index (κ3) is 1.99. The third-order valence-corrected chi connectivity index (χ3v) is 3.58. The van der Waals surface area contributed by atoms with E-state index in [0.717, 1.165) is 22.9 Å². The van der Waals surface area contributed by atoms with Crippen molar-refractivity contribution in [2.45, 2.75) is 34.1 Å². The van der Waals surface area contributed by atoms with Crippen LogP contribution in [0.3, 0.4) is 0 Å². The maximum absolute atomic E-state index is 12.5. The lowest BCUT2D eigenvalue weighted by atomic mass is 9.82. The van der Waals surface area contributed by atoms with E-state index in [1.165, 1.54) is 5.56 Å². The zero-order valence-corrected chi connectivity index (χ0v) is 10.9. The summed E-state index contributed by atoms with van der Waals surface area (Å²) in [6.45, 7) is 8.11. The molecule has 2 rings (SSSR count). The van der Waals surface area contributed by atoms with Crippen LogP contribution in [0.15, 0.2) is 24.4 Å². The van der Waals surface area contributed by atoms with Gasteiger partial charge in [0.15, 0.2) is 5.78 Å². The Morgan fingerprint density at radius 3 is 2.71 bits per heavy atom. The van der Waals surface area contributed by atoms with Crippen molar-refractivity contribution in [2.75, 3.05) is 0 Å². The Hall–Kier alpha value is -1.57. The van der Waals surface area contributed by atoms with Gasteiger partial charge in [-0.3, -0.25) is 4.79 Å². The molecule has 2 heteroatoms. The highest BCUT2D eigenvalue weighted by molar-refractivity contribution is 6.10. The van der Waals surface area contributed by atoms with Crippen molar-refractivity contribution >= 4 is 16.7 Å². The van der Waals surface area contributed by atoms with Gasteiger partial charge in [-0.2, -0.15) is 0 Å². The number of Topliss-reactive ketones (excluding diaryl/α,β-unsaturated/α-hetero) is 1. The van der Waals surface area contributed by atoms with Crippen molar-refractivity contribution < 1.29 is 4.79 Å². The molecule has 0 aliphatic heterocycles. The Morgan fingerprint density at radius 1 is 1.35 bits per heavy atom. The summed E-state index contributed by atoms with van der Waals surface area (Å²) < 4.78 is 0. The summed E-state index contributed by atoms with van der Waals surface area (Å²) in [5.74, 6) is 0.219. The number of ketones is 1. The molecule has 17 heavy (non-hydrogen) atoms. The number of carbonyl (C=O) groups excluding carboxylic acids is 1. The van der Waals surface area contributed by atoms with Crippen LogP contribution >= 0.6 is 0 Å². The van der Waals surface area contributed by atoms with Gasteiger partial charge in [0.05, 0.1) is 0 Å². The van der Waals surface area contributed by atoms with E-state index in [9.17, 15) is 4.79 Å². The minimum atomic E-state index is -0.293. The van der Waals surface area contributed by atoms with E-state index in [-0.39, 0.29) is 11.2 Å². The molecular weight excluding hydrogens is 210 g/mol. The van der Waals surface area contributed by atoms with Crippen LogP contribution in [-0.2, 0) is 0 Å². The lowest BCUT2D eigenvalue weighted by Gasteiger charge is -2.20. The highest BCUT2D eigenvalue weighted by atomic mass is 16.1. The Kier molecular flexibility index (Phi) is 2.82. The van der Waals surface area contributed by atoms with Gasteiger partial charge < -0.3 is 4.98 Å². The molecule has 0 amide bonds. The van der Waals surface area contributed by atoms with E-state index in [1.807, 2.05) is 33.0 Å². The minimum absolute atomic E-state index is 0.219. The largest absolute Gasteiger partial charge is 0.360 e. The molecule has 0 spiro atoms. The molecule has 1 aromatic carbocycles. The second kappa shape index (κ2) is 4.02. The Bertz CT molecular complexity index is 563. The average molecular weight is 229 g/mol. The number of aryl methyl sites for hydroxylation is 1. The first-order valence-corrected chi connectivity index (χ1v) is 6.08. The molecule has 0 bridgehead atoms. The average Bonchev–Trinajstić information content (AvgIpc) is 2.70.